The normalized spacial score (nSPS) is 11.9. The number of aliphatic hydroxyl groups excluding tert-OH is 1. The van der Waals surface area contributed by atoms with Gasteiger partial charge < -0.3 is 10.2 Å². The molecule has 0 amide bonds. The molecule has 0 spiro atoms. The van der Waals surface area contributed by atoms with Crippen LogP contribution in [0.5, 0.6) is 0 Å². The number of halogens is 1. The SMILES string of the molecule is O=Cc1cc(C(=O)CCCl)cc(C(O)C(=O)O)c1. The van der Waals surface area contributed by atoms with Gasteiger partial charge in [0.15, 0.2) is 11.9 Å². The van der Waals surface area contributed by atoms with Crippen LogP contribution in [0, 0.1) is 0 Å². The van der Waals surface area contributed by atoms with Crippen LogP contribution in [-0.4, -0.2) is 34.1 Å². The van der Waals surface area contributed by atoms with Crippen molar-refractivity contribution in [3.63, 3.8) is 0 Å². The van der Waals surface area contributed by atoms with Crippen molar-refractivity contribution in [3.8, 4) is 0 Å². The summed E-state index contributed by atoms with van der Waals surface area (Å²) in [6.07, 6.45) is -1.21. The third-order valence-corrected chi connectivity index (χ3v) is 2.50. The maximum atomic E-state index is 11.6. The summed E-state index contributed by atoms with van der Waals surface area (Å²) in [6.45, 7) is 0. The van der Waals surface area contributed by atoms with E-state index in [9.17, 15) is 19.5 Å². The Hall–Kier alpha value is -1.72. The average molecular weight is 271 g/mol. The molecule has 0 radical (unpaired) electrons. The molecule has 1 rings (SSSR count). The molecule has 5 nitrogen and oxygen atoms in total. The van der Waals surface area contributed by atoms with Crippen molar-refractivity contribution in [1.82, 2.24) is 0 Å². The lowest BCUT2D eigenvalue weighted by molar-refractivity contribution is -0.146. The number of Topliss-reactive ketones (excluding diaryl/α,β-unsaturated/α-hetero) is 1. The Morgan fingerprint density at radius 2 is 2.00 bits per heavy atom. The second-order valence-electron chi connectivity index (χ2n) is 3.61. The molecule has 1 aromatic carbocycles. The molecular formula is C12H11ClO5. The Labute approximate surface area is 108 Å². The highest BCUT2D eigenvalue weighted by molar-refractivity contribution is 6.19. The number of carbonyl (C=O) groups excluding carboxylic acids is 2. The number of aldehydes is 1. The molecule has 0 aromatic heterocycles. The summed E-state index contributed by atoms with van der Waals surface area (Å²) >= 11 is 5.44. The van der Waals surface area contributed by atoms with Crippen LogP contribution in [0.2, 0.25) is 0 Å². The van der Waals surface area contributed by atoms with E-state index in [2.05, 4.69) is 0 Å². The third-order valence-electron chi connectivity index (χ3n) is 2.31. The van der Waals surface area contributed by atoms with Crippen molar-refractivity contribution < 1.29 is 24.6 Å². The van der Waals surface area contributed by atoms with Gasteiger partial charge in [-0.15, -0.1) is 11.6 Å². The minimum Gasteiger partial charge on any atom is -0.479 e. The monoisotopic (exact) mass is 270 g/mol. The summed E-state index contributed by atoms with van der Waals surface area (Å²) in [7, 11) is 0. The van der Waals surface area contributed by atoms with Crippen LogP contribution in [0.15, 0.2) is 18.2 Å². The predicted octanol–water partition coefficient (Wildman–Crippen LogP) is 1.43. The molecule has 0 saturated heterocycles. The number of carbonyl (C=O) groups is 3. The van der Waals surface area contributed by atoms with Gasteiger partial charge in [-0.1, -0.05) is 0 Å². The van der Waals surface area contributed by atoms with Gasteiger partial charge in [-0.3, -0.25) is 9.59 Å². The third kappa shape index (κ3) is 3.38. The van der Waals surface area contributed by atoms with E-state index < -0.39 is 12.1 Å². The van der Waals surface area contributed by atoms with Gasteiger partial charge in [-0.05, 0) is 23.8 Å². The van der Waals surface area contributed by atoms with E-state index in [4.69, 9.17) is 16.7 Å². The number of benzene rings is 1. The Bertz CT molecular complexity index is 483. The zero-order valence-electron chi connectivity index (χ0n) is 9.30. The van der Waals surface area contributed by atoms with E-state index in [1.165, 1.54) is 18.2 Å². The number of carboxylic acid groups (broad SMARTS) is 1. The predicted molar refractivity (Wildman–Crippen MR) is 64.1 cm³/mol. The fourth-order valence-corrected chi connectivity index (χ4v) is 1.61. The van der Waals surface area contributed by atoms with Gasteiger partial charge in [0, 0.05) is 23.4 Å². The largest absolute Gasteiger partial charge is 0.479 e. The van der Waals surface area contributed by atoms with Crippen LogP contribution in [0.25, 0.3) is 0 Å². The molecule has 6 heteroatoms. The molecule has 0 heterocycles. The molecule has 1 unspecified atom stereocenters. The van der Waals surface area contributed by atoms with Gasteiger partial charge in [0.1, 0.15) is 6.29 Å². The first kappa shape index (κ1) is 14.3. The van der Waals surface area contributed by atoms with Crippen molar-refractivity contribution in [2.24, 2.45) is 0 Å². The number of alkyl halides is 1. The Kier molecular flexibility index (Phi) is 5.00. The fraction of sp³-hybridized carbons (Fsp3) is 0.250. The Morgan fingerprint density at radius 1 is 1.33 bits per heavy atom. The summed E-state index contributed by atoms with van der Waals surface area (Å²) in [4.78, 5) is 33.0. The van der Waals surface area contributed by atoms with Crippen LogP contribution in [0.3, 0.4) is 0 Å². The maximum absolute atomic E-state index is 11.6. The molecule has 2 N–H and O–H groups in total. The molecule has 1 atom stereocenters. The molecule has 0 bridgehead atoms. The quantitative estimate of drug-likeness (QED) is 0.463. The highest BCUT2D eigenvalue weighted by atomic mass is 35.5. The summed E-state index contributed by atoms with van der Waals surface area (Å²) in [6, 6.07) is 3.81. The molecule has 1 aromatic rings. The molecular weight excluding hydrogens is 260 g/mol. The van der Waals surface area contributed by atoms with Crippen molar-refractivity contribution in [2.45, 2.75) is 12.5 Å². The van der Waals surface area contributed by atoms with Crippen LogP contribution >= 0.6 is 11.6 Å². The maximum Gasteiger partial charge on any atom is 0.337 e. The number of rotatable bonds is 6. The summed E-state index contributed by atoms with van der Waals surface area (Å²) in [5, 5.41) is 18.1. The minimum absolute atomic E-state index is 0.00924. The number of aliphatic hydroxyl groups is 1. The Balaban J connectivity index is 3.20. The molecule has 0 aliphatic heterocycles. The summed E-state index contributed by atoms with van der Waals surface area (Å²) in [5.74, 6) is -1.64. The van der Waals surface area contributed by atoms with Gasteiger partial charge in [0.05, 0.1) is 0 Å². The van der Waals surface area contributed by atoms with E-state index in [0.29, 0.717) is 6.29 Å². The van der Waals surface area contributed by atoms with Gasteiger partial charge in [-0.2, -0.15) is 0 Å². The number of carboxylic acids is 1. The second kappa shape index (κ2) is 6.28. The highest BCUT2D eigenvalue weighted by Gasteiger charge is 2.18. The zero-order valence-corrected chi connectivity index (χ0v) is 10.1. The van der Waals surface area contributed by atoms with E-state index in [1.807, 2.05) is 0 Å². The molecule has 96 valence electrons. The van der Waals surface area contributed by atoms with Crippen molar-refractivity contribution >= 4 is 29.6 Å². The molecule has 0 aliphatic rings. The van der Waals surface area contributed by atoms with Gasteiger partial charge in [0.25, 0.3) is 0 Å². The first-order valence-corrected chi connectivity index (χ1v) is 5.63. The number of hydrogen-bond donors (Lipinski definition) is 2. The van der Waals surface area contributed by atoms with Crippen LogP contribution in [0.4, 0.5) is 0 Å². The smallest absolute Gasteiger partial charge is 0.337 e. The molecule has 0 fully saturated rings. The fourth-order valence-electron chi connectivity index (χ4n) is 1.44. The first-order chi connectivity index (χ1) is 8.49. The standard InChI is InChI=1S/C12H11ClO5/c13-2-1-10(15)8-3-7(6-14)4-9(5-8)11(16)12(17)18/h3-6,11,16H,1-2H2,(H,17,18). The van der Waals surface area contributed by atoms with Gasteiger partial charge >= 0.3 is 5.97 Å². The Morgan fingerprint density at radius 3 is 2.50 bits per heavy atom. The van der Waals surface area contributed by atoms with E-state index >= 15 is 0 Å². The van der Waals surface area contributed by atoms with E-state index in [0.717, 1.165) is 0 Å². The molecule has 18 heavy (non-hydrogen) atoms. The highest BCUT2D eigenvalue weighted by Crippen LogP contribution is 2.18. The number of ketones is 1. The van der Waals surface area contributed by atoms with Crippen LogP contribution in [-0.2, 0) is 4.79 Å². The average Bonchev–Trinajstić information content (AvgIpc) is 2.37. The van der Waals surface area contributed by atoms with E-state index in [-0.39, 0.29) is 34.8 Å². The van der Waals surface area contributed by atoms with Crippen molar-refractivity contribution in [1.29, 1.82) is 0 Å². The van der Waals surface area contributed by atoms with Gasteiger partial charge in [0.2, 0.25) is 0 Å². The zero-order chi connectivity index (χ0) is 13.7. The van der Waals surface area contributed by atoms with Crippen molar-refractivity contribution in [2.75, 3.05) is 5.88 Å². The lowest BCUT2D eigenvalue weighted by atomic mass is 9.99. The molecule has 0 aliphatic carbocycles. The lowest BCUT2D eigenvalue weighted by Gasteiger charge is -2.09. The van der Waals surface area contributed by atoms with Crippen LogP contribution in [0.1, 0.15) is 38.8 Å². The first-order valence-electron chi connectivity index (χ1n) is 5.09. The summed E-state index contributed by atoms with van der Waals surface area (Å²) in [5.41, 5.74) is 0.284. The second-order valence-corrected chi connectivity index (χ2v) is 3.99. The van der Waals surface area contributed by atoms with E-state index in [1.54, 1.807) is 0 Å². The number of aliphatic carboxylic acids is 1. The van der Waals surface area contributed by atoms with Gasteiger partial charge in [-0.25, -0.2) is 4.79 Å². The minimum atomic E-state index is -1.77. The summed E-state index contributed by atoms with van der Waals surface area (Å²) < 4.78 is 0. The topological polar surface area (TPSA) is 91.7 Å². The molecule has 0 saturated carbocycles. The number of hydrogen-bond acceptors (Lipinski definition) is 4. The van der Waals surface area contributed by atoms with Crippen LogP contribution < -0.4 is 0 Å². The lowest BCUT2D eigenvalue weighted by Crippen LogP contribution is -2.12. The van der Waals surface area contributed by atoms with Crippen molar-refractivity contribution in [3.05, 3.63) is 34.9 Å².